The van der Waals surface area contributed by atoms with Crippen molar-refractivity contribution in [1.29, 1.82) is 0 Å². The molecule has 2 heterocycles. The van der Waals surface area contributed by atoms with Crippen molar-refractivity contribution in [1.82, 2.24) is 4.98 Å². The molecule has 1 saturated heterocycles. The van der Waals surface area contributed by atoms with E-state index in [1.165, 1.54) is 12.0 Å². The zero-order chi connectivity index (χ0) is 26.1. The van der Waals surface area contributed by atoms with Gasteiger partial charge in [-0.25, -0.2) is 9.78 Å². The summed E-state index contributed by atoms with van der Waals surface area (Å²) in [5.41, 5.74) is 1.91. The number of carbonyl (C=O) groups excluding carboxylic acids is 3. The third-order valence-electron chi connectivity index (χ3n) is 5.75. The molecule has 0 spiro atoms. The van der Waals surface area contributed by atoms with Crippen molar-refractivity contribution in [3.63, 3.8) is 0 Å². The zero-order valence-corrected chi connectivity index (χ0v) is 21.6. The van der Waals surface area contributed by atoms with E-state index in [-0.39, 0.29) is 27.9 Å². The SMILES string of the molecule is CCOC(=O)c1sc(N2C(=O)C(=O)C(=C(O)c3ccc(OC)c(C)c3)[C@H]2c2ccc(Cl)cc2)nc1C. The molecule has 3 aromatic rings. The molecule has 0 unspecified atom stereocenters. The number of aryl methyl sites for hydroxylation is 2. The fraction of sp³-hybridized carbons (Fsp3) is 0.231. The molecule has 1 amide bonds. The molecule has 0 radical (unpaired) electrons. The Bertz CT molecular complexity index is 1400. The monoisotopic (exact) mass is 526 g/mol. The fourth-order valence-corrected chi connectivity index (χ4v) is 5.16. The van der Waals surface area contributed by atoms with E-state index < -0.39 is 23.7 Å². The summed E-state index contributed by atoms with van der Waals surface area (Å²) in [6, 6.07) is 10.6. The molecule has 0 saturated carbocycles. The maximum Gasteiger partial charge on any atom is 0.350 e. The van der Waals surface area contributed by atoms with Crippen molar-refractivity contribution in [3.8, 4) is 5.75 Å². The van der Waals surface area contributed by atoms with Crippen LogP contribution in [-0.4, -0.2) is 41.5 Å². The van der Waals surface area contributed by atoms with Crippen molar-refractivity contribution in [2.75, 3.05) is 18.6 Å². The van der Waals surface area contributed by atoms with Crippen molar-refractivity contribution >= 4 is 51.5 Å². The molecule has 10 heteroatoms. The van der Waals surface area contributed by atoms with Crippen LogP contribution in [0.4, 0.5) is 5.13 Å². The molecule has 1 atom stereocenters. The number of halogens is 1. The van der Waals surface area contributed by atoms with Crippen LogP contribution in [0.25, 0.3) is 5.76 Å². The number of thiazole rings is 1. The molecular formula is C26H23ClN2O6S. The van der Waals surface area contributed by atoms with Crippen molar-refractivity contribution in [2.24, 2.45) is 0 Å². The van der Waals surface area contributed by atoms with Gasteiger partial charge in [0, 0.05) is 10.6 Å². The molecule has 8 nitrogen and oxygen atoms in total. The molecule has 1 aliphatic rings. The number of Topliss-reactive ketones (excluding diaryl/α,β-unsaturated/α-hetero) is 1. The van der Waals surface area contributed by atoms with E-state index in [4.69, 9.17) is 21.1 Å². The normalized spacial score (nSPS) is 16.9. The average molecular weight is 527 g/mol. The van der Waals surface area contributed by atoms with Gasteiger partial charge in [0.05, 0.1) is 31.0 Å². The number of ketones is 1. The van der Waals surface area contributed by atoms with Gasteiger partial charge in [0.2, 0.25) is 0 Å². The van der Waals surface area contributed by atoms with E-state index >= 15 is 0 Å². The Morgan fingerprint density at radius 1 is 1.17 bits per heavy atom. The summed E-state index contributed by atoms with van der Waals surface area (Å²) in [5.74, 6) is -2.02. The number of methoxy groups -OCH3 is 1. The second kappa shape index (κ2) is 10.1. The van der Waals surface area contributed by atoms with Crippen LogP contribution in [0, 0.1) is 13.8 Å². The van der Waals surface area contributed by atoms with Crippen LogP contribution in [-0.2, 0) is 14.3 Å². The minimum atomic E-state index is -0.995. The number of aliphatic hydroxyl groups is 1. The number of hydrogen-bond donors (Lipinski definition) is 1. The van der Waals surface area contributed by atoms with Gasteiger partial charge >= 0.3 is 11.9 Å². The predicted octanol–water partition coefficient (Wildman–Crippen LogP) is 5.22. The number of hydrogen-bond acceptors (Lipinski definition) is 8. The molecular weight excluding hydrogens is 504 g/mol. The lowest BCUT2D eigenvalue weighted by atomic mass is 9.95. The van der Waals surface area contributed by atoms with Gasteiger partial charge < -0.3 is 14.6 Å². The maximum atomic E-state index is 13.3. The Balaban J connectivity index is 1.91. The van der Waals surface area contributed by atoms with Gasteiger partial charge in [-0.2, -0.15) is 0 Å². The number of esters is 1. The summed E-state index contributed by atoms with van der Waals surface area (Å²) < 4.78 is 10.4. The lowest BCUT2D eigenvalue weighted by Gasteiger charge is -2.23. The van der Waals surface area contributed by atoms with Crippen molar-refractivity contribution in [2.45, 2.75) is 26.8 Å². The first-order valence-electron chi connectivity index (χ1n) is 11.0. The second-order valence-electron chi connectivity index (χ2n) is 8.04. The standard InChI is InChI=1S/C26H23ClN2O6S/c1-5-35-25(33)23-14(3)28-26(36-23)29-20(15-6-9-17(27)10-7-15)19(22(31)24(29)32)21(30)16-8-11-18(34-4)13(2)12-16/h6-12,20,30H,5H2,1-4H3/t20-/m1/s1. The summed E-state index contributed by atoms with van der Waals surface area (Å²) >= 11 is 7.03. The van der Waals surface area contributed by atoms with Gasteiger partial charge in [0.15, 0.2) is 5.13 Å². The number of benzene rings is 2. The van der Waals surface area contributed by atoms with Crippen LogP contribution in [0.1, 0.15) is 45.0 Å². The van der Waals surface area contributed by atoms with E-state index in [1.54, 1.807) is 63.2 Å². The smallest absolute Gasteiger partial charge is 0.350 e. The zero-order valence-electron chi connectivity index (χ0n) is 20.0. The van der Waals surface area contributed by atoms with Gasteiger partial charge in [-0.05, 0) is 62.2 Å². The van der Waals surface area contributed by atoms with E-state index in [9.17, 15) is 19.5 Å². The van der Waals surface area contributed by atoms with Crippen molar-refractivity contribution in [3.05, 3.63) is 80.3 Å². The Morgan fingerprint density at radius 2 is 1.86 bits per heavy atom. The van der Waals surface area contributed by atoms with Crippen LogP contribution in [0.3, 0.4) is 0 Å². The Kier molecular flexibility index (Phi) is 7.14. The van der Waals surface area contributed by atoms with Gasteiger partial charge in [0.1, 0.15) is 16.4 Å². The van der Waals surface area contributed by atoms with Crippen LogP contribution >= 0.6 is 22.9 Å². The lowest BCUT2D eigenvalue weighted by Crippen LogP contribution is -2.29. The number of rotatable bonds is 6. The Morgan fingerprint density at radius 3 is 2.47 bits per heavy atom. The minimum Gasteiger partial charge on any atom is -0.507 e. The number of amides is 1. The number of anilines is 1. The maximum absolute atomic E-state index is 13.3. The minimum absolute atomic E-state index is 0.0996. The largest absolute Gasteiger partial charge is 0.507 e. The molecule has 1 aliphatic heterocycles. The van der Waals surface area contributed by atoms with Crippen LogP contribution < -0.4 is 9.64 Å². The molecule has 36 heavy (non-hydrogen) atoms. The molecule has 186 valence electrons. The molecule has 1 fully saturated rings. The van der Waals surface area contributed by atoms with Crippen LogP contribution in [0.2, 0.25) is 5.02 Å². The molecule has 2 aromatic carbocycles. The number of ether oxygens (including phenoxy) is 2. The lowest BCUT2D eigenvalue weighted by molar-refractivity contribution is -0.132. The average Bonchev–Trinajstić information content (AvgIpc) is 3.36. The first kappa shape index (κ1) is 25.4. The van der Waals surface area contributed by atoms with Crippen LogP contribution in [0.5, 0.6) is 5.75 Å². The topological polar surface area (TPSA) is 106 Å². The fourth-order valence-electron chi connectivity index (χ4n) is 4.04. The van der Waals surface area contributed by atoms with E-state index in [2.05, 4.69) is 4.98 Å². The van der Waals surface area contributed by atoms with Gasteiger partial charge in [-0.1, -0.05) is 35.1 Å². The Hall–Kier alpha value is -3.69. The second-order valence-corrected chi connectivity index (χ2v) is 9.45. The van der Waals surface area contributed by atoms with Gasteiger partial charge in [0.25, 0.3) is 5.78 Å². The first-order valence-corrected chi connectivity index (χ1v) is 12.2. The summed E-state index contributed by atoms with van der Waals surface area (Å²) in [6.45, 7) is 5.30. The van der Waals surface area contributed by atoms with Crippen LogP contribution in [0.15, 0.2) is 48.0 Å². The van der Waals surface area contributed by atoms with Gasteiger partial charge in [-0.3, -0.25) is 14.5 Å². The highest BCUT2D eigenvalue weighted by Gasteiger charge is 2.48. The summed E-state index contributed by atoms with van der Waals surface area (Å²) in [6.07, 6.45) is 0. The number of aliphatic hydroxyl groups excluding tert-OH is 1. The first-order chi connectivity index (χ1) is 17.2. The summed E-state index contributed by atoms with van der Waals surface area (Å²) in [5, 5.41) is 11.9. The third kappa shape index (κ3) is 4.47. The third-order valence-corrected chi connectivity index (χ3v) is 7.14. The molecule has 0 bridgehead atoms. The highest BCUT2D eigenvalue weighted by atomic mass is 35.5. The van der Waals surface area contributed by atoms with E-state index in [1.807, 2.05) is 0 Å². The molecule has 4 rings (SSSR count). The molecule has 1 aromatic heterocycles. The molecule has 1 N–H and O–H groups in total. The van der Waals surface area contributed by atoms with E-state index in [0.717, 1.165) is 16.9 Å². The van der Waals surface area contributed by atoms with Crippen molar-refractivity contribution < 1.29 is 29.0 Å². The Labute approximate surface area is 216 Å². The van der Waals surface area contributed by atoms with Gasteiger partial charge in [-0.15, -0.1) is 0 Å². The number of nitrogens with zero attached hydrogens (tertiary/aromatic N) is 2. The number of aromatic nitrogens is 1. The predicted molar refractivity (Wildman–Crippen MR) is 137 cm³/mol. The highest BCUT2D eigenvalue weighted by molar-refractivity contribution is 7.17. The highest BCUT2D eigenvalue weighted by Crippen LogP contribution is 2.44. The van der Waals surface area contributed by atoms with E-state index in [0.29, 0.717) is 27.6 Å². The molecule has 0 aliphatic carbocycles. The summed E-state index contributed by atoms with van der Waals surface area (Å²) in [4.78, 5) is 44.8. The number of carbonyl (C=O) groups is 3. The quantitative estimate of drug-likeness (QED) is 0.203. The summed E-state index contributed by atoms with van der Waals surface area (Å²) in [7, 11) is 1.54.